The van der Waals surface area contributed by atoms with E-state index in [1.54, 1.807) is 31.9 Å². The van der Waals surface area contributed by atoms with E-state index in [1.165, 1.54) is 0 Å². The van der Waals surface area contributed by atoms with E-state index in [1.807, 2.05) is 11.0 Å². The number of nitrogens with one attached hydrogen (secondary N) is 1. The van der Waals surface area contributed by atoms with Crippen molar-refractivity contribution in [2.24, 2.45) is 0 Å². The third kappa shape index (κ3) is 5.11. The largest absolute Gasteiger partial charge is 0.385 e. The summed E-state index contributed by atoms with van der Waals surface area (Å²) in [6, 6.07) is 4.09. The number of rotatable bonds is 8. The summed E-state index contributed by atoms with van der Waals surface area (Å²) in [4.78, 5) is 18.5. The SMILES string of the molecule is COCCCn1cnnc1C(C)NC1CCN(C(=O)c2cccnc2)CC1. The zero-order chi connectivity index (χ0) is 19.1. The van der Waals surface area contributed by atoms with Gasteiger partial charge in [0.05, 0.1) is 11.6 Å². The highest BCUT2D eigenvalue weighted by Gasteiger charge is 2.25. The van der Waals surface area contributed by atoms with E-state index in [2.05, 4.69) is 32.0 Å². The Morgan fingerprint density at radius 2 is 2.22 bits per heavy atom. The first-order chi connectivity index (χ1) is 13.2. The number of hydrogen-bond acceptors (Lipinski definition) is 6. The van der Waals surface area contributed by atoms with Gasteiger partial charge >= 0.3 is 0 Å². The van der Waals surface area contributed by atoms with Crippen LogP contribution in [0, 0.1) is 0 Å². The Bertz CT molecular complexity index is 712. The second kappa shape index (κ2) is 9.57. The molecule has 0 saturated carbocycles. The van der Waals surface area contributed by atoms with Crippen molar-refractivity contribution in [1.29, 1.82) is 0 Å². The molecule has 0 spiro atoms. The summed E-state index contributed by atoms with van der Waals surface area (Å²) in [5.41, 5.74) is 0.654. The molecule has 1 N–H and O–H groups in total. The van der Waals surface area contributed by atoms with Gasteiger partial charge in [0.1, 0.15) is 12.2 Å². The molecule has 8 nitrogen and oxygen atoms in total. The molecular formula is C19H28N6O2. The average molecular weight is 372 g/mol. The zero-order valence-corrected chi connectivity index (χ0v) is 16.0. The molecule has 146 valence electrons. The van der Waals surface area contributed by atoms with Crippen LogP contribution in [0.5, 0.6) is 0 Å². The van der Waals surface area contributed by atoms with Gasteiger partial charge in [0, 0.05) is 51.8 Å². The molecule has 0 aliphatic carbocycles. The highest BCUT2D eigenvalue weighted by molar-refractivity contribution is 5.93. The smallest absolute Gasteiger partial charge is 0.255 e. The van der Waals surface area contributed by atoms with Gasteiger partial charge in [-0.3, -0.25) is 9.78 Å². The first-order valence-corrected chi connectivity index (χ1v) is 9.51. The fourth-order valence-corrected chi connectivity index (χ4v) is 3.50. The number of likely N-dealkylation sites (tertiary alicyclic amines) is 1. The molecule has 1 aliphatic heterocycles. The quantitative estimate of drug-likeness (QED) is 0.710. The molecule has 2 aromatic rings. The van der Waals surface area contributed by atoms with E-state index >= 15 is 0 Å². The van der Waals surface area contributed by atoms with Crippen LogP contribution < -0.4 is 5.32 Å². The molecule has 0 bridgehead atoms. The van der Waals surface area contributed by atoms with Crippen LogP contribution in [-0.4, -0.2) is 63.4 Å². The topological polar surface area (TPSA) is 85.2 Å². The number of nitrogens with zero attached hydrogens (tertiary/aromatic N) is 5. The molecular weight excluding hydrogens is 344 g/mol. The number of amides is 1. The average Bonchev–Trinajstić information content (AvgIpc) is 3.18. The van der Waals surface area contributed by atoms with E-state index in [-0.39, 0.29) is 11.9 Å². The number of hydrogen-bond donors (Lipinski definition) is 1. The third-order valence-electron chi connectivity index (χ3n) is 4.96. The number of carbonyl (C=O) groups excluding carboxylic acids is 1. The van der Waals surface area contributed by atoms with E-state index < -0.39 is 0 Å². The molecule has 27 heavy (non-hydrogen) atoms. The molecule has 3 heterocycles. The lowest BCUT2D eigenvalue weighted by Crippen LogP contribution is -2.45. The van der Waals surface area contributed by atoms with Gasteiger partial charge in [-0.15, -0.1) is 10.2 Å². The summed E-state index contributed by atoms with van der Waals surface area (Å²) in [7, 11) is 1.71. The minimum Gasteiger partial charge on any atom is -0.385 e. The van der Waals surface area contributed by atoms with Crippen LogP contribution in [0.15, 0.2) is 30.9 Å². The van der Waals surface area contributed by atoms with Gasteiger partial charge in [0.2, 0.25) is 0 Å². The zero-order valence-electron chi connectivity index (χ0n) is 16.0. The number of aromatic nitrogens is 4. The first kappa shape index (κ1) is 19.4. The van der Waals surface area contributed by atoms with E-state index in [4.69, 9.17) is 4.74 Å². The van der Waals surface area contributed by atoms with Crippen LogP contribution in [-0.2, 0) is 11.3 Å². The fourth-order valence-electron chi connectivity index (χ4n) is 3.50. The monoisotopic (exact) mass is 372 g/mol. The van der Waals surface area contributed by atoms with E-state index in [9.17, 15) is 4.79 Å². The number of ether oxygens (including phenoxy) is 1. The predicted molar refractivity (Wildman–Crippen MR) is 101 cm³/mol. The maximum Gasteiger partial charge on any atom is 0.255 e. The molecule has 1 amide bonds. The molecule has 3 rings (SSSR count). The van der Waals surface area contributed by atoms with Crippen LogP contribution in [0.3, 0.4) is 0 Å². The number of piperidine rings is 1. The number of pyridine rings is 1. The van der Waals surface area contributed by atoms with Crippen LogP contribution in [0.25, 0.3) is 0 Å². The van der Waals surface area contributed by atoms with Crippen molar-refractivity contribution in [3.63, 3.8) is 0 Å². The lowest BCUT2D eigenvalue weighted by atomic mass is 10.0. The Kier molecular flexibility index (Phi) is 6.89. The Balaban J connectivity index is 1.49. The van der Waals surface area contributed by atoms with E-state index in [0.29, 0.717) is 11.6 Å². The second-order valence-corrected chi connectivity index (χ2v) is 6.93. The summed E-state index contributed by atoms with van der Waals surface area (Å²) in [6.07, 6.45) is 7.87. The summed E-state index contributed by atoms with van der Waals surface area (Å²) in [5.74, 6) is 1.01. The van der Waals surface area contributed by atoms with Crippen molar-refractivity contribution in [3.05, 3.63) is 42.2 Å². The van der Waals surface area contributed by atoms with Gasteiger partial charge in [0.15, 0.2) is 0 Å². The van der Waals surface area contributed by atoms with Gasteiger partial charge in [-0.05, 0) is 38.3 Å². The maximum atomic E-state index is 12.5. The highest BCUT2D eigenvalue weighted by atomic mass is 16.5. The second-order valence-electron chi connectivity index (χ2n) is 6.93. The van der Waals surface area contributed by atoms with Gasteiger partial charge in [0.25, 0.3) is 5.91 Å². The van der Waals surface area contributed by atoms with Crippen molar-refractivity contribution in [2.45, 2.75) is 44.8 Å². The van der Waals surface area contributed by atoms with Gasteiger partial charge in [-0.25, -0.2) is 0 Å². The Morgan fingerprint density at radius 3 is 2.93 bits per heavy atom. The molecule has 0 aromatic carbocycles. The van der Waals surface area contributed by atoms with E-state index in [0.717, 1.165) is 51.3 Å². The normalized spacial score (nSPS) is 16.4. The Labute approximate surface area is 159 Å². The van der Waals surface area contributed by atoms with Crippen molar-refractivity contribution >= 4 is 5.91 Å². The minimum absolute atomic E-state index is 0.0625. The predicted octanol–water partition coefficient (Wildman–Crippen LogP) is 1.66. The lowest BCUT2D eigenvalue weighted by molar-refractivity contribution is 0.0701. The van der Waals surface area contributed by atoms with Crippen LogP contribution in [0.1, 0.15) is 48.4 Å². The molecule has 1 saturated heterocycles. The first-order valence-electron chi connectivity index (χ1n) is 9.51. The van der Waals surface area contributed by atoms with Gasteiger partial charge in [-0.1, -0.05) is 0 Å². The molecule has 2 aromatic heterocycles. The number of carbonyl (C=O) groups is 1. The van der Waals surface area contributed by atoms with Crippen LogP contribution >= 0.6 is 0 Å². The molecule has 1 aliphatic rings. The standard InChI is InChI=1S/C19H28N6O2/c1-15(18-23-21-14-25(18)9-4-12-27-2)22-17-6-10-24(11-7-17)19(26)16-5-3-8-20-13-16/h3,5,8,13-15,17,22H,4,6-7,9-12H2,1-2H3. The molecule has 8 heteroatoms. The third-order valence-corrected chi connectivity index (χ3v) is 4.96. The maximum absolute atomic E-state index is 12.5. The lowest BCUT2D eigenvalue weighted by Gasteiger charge is -2.33. The Hall–Kier alpha value is -2.32. The van der Waals surface area contributed by atoms with Crippen molar-refractivity contribution in [3.8, 4) is 0 Å². The van der Waals surface area contributed by atoms with Crippen molar-refractivity contribution < 1.29 is 9.53 Å². The molecule has 1 atom stereocenters. The summed E-state index contributed by atoms with van der Waals surface area (Å²) >= 11 is 0. The fraction of sp³-hybridized carbons (Fsp3) is 0.579. The highest BCUT2D eigenvalue weighted by Crippen LogP contribution is 2.18. The number of aryl methyl sites for hydroxylation is 1. The minimum atomic E-state index is 0.0625. The summed E-state index contributed by atoms with van der Waals surface area (Å²) < 4.78 is 7.20. The van der Waals surface area contributed by atoms with Crippen molar-refractivity contribution in [2.75, 3.05) is 26.8 Å². The summed E-state index contributed by atoms with van der Waals surface area (Å²) in [5, 5.41) is 12.0. The summed E-state index contributed by atoms with van der Waals surface area (Å²) in [6.45, 7) is 5.18. The van der Waals surface area contributed by atoms with Crippen LogP contribution in [0.2, 0.25) is 0 Å². The molecule has 0 radical (unpaired) electrons. The number of methoxy groups -OCH3 is 1. The van der Waals surface area contributed by atoms with Gasteiger partial charge < -0.3 is 19.5 Å². The van der Waals surface area contributed by atoms with Crippen LogP contribution in [0.4, 0.5) is 0 Å². The molecule has 1 unspecified atom stereocenters. The van der Waals surface area contributed by atoms with Crippen molar-refractivity contribution in [1.82, 2.24) is 30.0 Å². The Morgan fingerprint density at radius 1 is 1.41 bits per heavy atom. The molecule has 1 fully saturated rings. The van der Waals surface area contributed by atoms with Gasteiger partial charge in [-0.2, -0.15) is 0 Å².